The molecule has 0 bridgehead atoms. The SMILES string of the molecule is CCCn1cc(C(=O)N2CCNCC2C(=O)Nc2ccc(F)cc2)c(C)n1. The lowest BCUT2D eigenvalue weighted by Gasteiger charge is -2.35. The number of amides is 2. The first kappa shape index (κ1) is 19.0. The highest BCUT2D eigenvalue weighted by Crippen LogP contribution is 2.16. The van der Waals surface area contributed by atoms with Gasteiger partial charge in [-0.1, -0.05) is 6.92 Å². The highest BCUT2D eigenvalue weighted by molar-refractivity contribution is 6.01. The number of nitrogens with zero attached hydrogens (tertiary/aromatic N) is 3. The first-order chi connectivity index (χ1) is 13.0. The fourth-order valence-corrected chi connectivity index (χ4v) is 3.17. The van der Waals surface area contributed by atoms with Crippen molar-refractivity contribution in [2.75, 3.05) is 25.0 Å². The summed E-state index contributed by atoms with van der Waals surface area (Å²) in [6.07, 6.45) is 2.67. The number of benzene rings is 1. The van der Waals surface area contributed by atoms with Crippen LogP contribution in [0.3, 0.4) is 0 Å². The van der Waals surface area contributed by atoms with Gasteiger partial charge in [-0.3, -0.25) is 14.3 Å². The average molecular weight is 373 g/mol. The zero-order chi connectivity index (χ0) is 19.4. The Labute approximate surface area is 157 Å². The first-order valence-electron chi connectivity index (χ1n) is 9.11. The van der Waals surface area contributed by atoms with Crippen LogP contribution in [0.4, 0.5) is 10.1 Å². The number of carbonyl (C=O) groups excluding carboxylic acids is 2. The van der Waals surface area contributed by atoms with E-state index in [0.29, 0.717) is 36.6 Å². The number of halogens is 1. The lowest BCUT2D eigenvalue weighted by Crippen LogP contribution is -2.58. The third kappa shape index (κ3) is 4.33. The molecule has 144 valence electrons. The fraction of sp³-hybridized carbons (Fsp3) is 0.421. The lowest BCUT2D eigenvalue weighted by atomic mass is 10.1. The van der Waals surface area contributed by atoms with Crippen molar-refractivity contribution >= 4 is 17.5 Å². The van der Waals surface area contributed by atoms with Crippen LogP contribution in [0.1, 0.15) is 29.4 Å². The quantitative estimate of drug-likeness (QED) is 0.838. The van der Waals surface area contributed by atoms with Crippen LogP contribution in [0.5, 0.6) is 0 Å². The second kappa shape index (κ2) is 8.30. The van der Waals surface area contributed by atoms with E-state index in [1.165, 1.54) is 24.3 Å². The summed E-state index contributed by atoms with van der Waals surface area (Å²) >= 11 is 0. The molecule has 0 saturated carbocycles. The van der Waals surface area contributed by atoms with Gasteiger partial charge >= 0.3 is 0 Å². The topological polar surface area (TPSA) is 79.3 Å². The lowest BCUT2D eigenvalue weighted by molar-refractivity contribution is -0.121. The molecule has 2 amide bonds. The van der Waals surface area contributed by atoms with Crippen molar-refractivity contribution in [3.63, 3.8) is 0 Å². The minimum Gasteiger partial charge on any atom is -0.324 e. The third-order valence-electron chi connectivity index (χ3n) is 4.55. The van der Waals surface area contributed by atoms with Gasteiger partial charge in [0.1, 0.15) is 11.9 Å². The van der Waals surface area contributed by atoms with E-state index < -0.39 is 6.04 Å². The highest BCUT2D eigenvalue weighted by atomic mass is 19.1. The second-order valence-electron chi connectivity index (χ2n) is 6.61. The molecule has 7 nitrogen and oxygen atoms in total. The molecule has 1 unspecified atom stereocenters. The monoisotopic (exact) mass is 373 g/mol. The van der Waals surface area contributed by atoms with Crippen molar-refractivity contribution in [1.82, 2.24) is 20.0 Å². The van der Waals surface area contributed by atoms with Crippen molar-refractivity contribution in [1.29, 1.82) is 0 Å². The van der Waals surface area contributed by atoms with E-state index in [-0.39, 0.29) is 17.6 Å². The highest BCUT2D eigenvalue weighted by Gasteiger charge is 2.34. The molecule has 1 atom stereocenters. The Hall–Kier alpha value is -2.74. The maximum atomic E-state index is 13.1. The van der Waals surface area contributed by atoms with Crippen LogP contribution in [-0.2, 0) is 11.3 Å². The molecule has 1 aromatic heterocycles. The Morgan fingerprint density at radius 2 is 2.07 bits per heavy atom. The molecule has 1 aliphatic heterocycles. The number of anilines is 1. The predicted molar refractivity (Wildman–Crippen MR) is 100.0 cm³/mol. The van der Waals surface area contributed by atoms with Gasteiger partial charge in [0.25, 0.3) is 5.91 Å². The third-order valence-corrected chi connectivity index (χ3v) is 4.55. The Balaban J connectivity index is 1.77. The van der Waals surface area contributed by atoms with Gasteiger partial charge in [0.15, 0.2) is 0 Å². The maximum Gasteiger partial charge on any atom is 0.258 e. The van der Waals surface area contributed by atoms with E-state index >= 15 is 0 Å². The zero-order valence-electron chi connectivity index (χ0n) is 15.5. The molecule has 2 heterocycles. The number of hydrogen-bond acceptors (Lipinski definition) is 4. The van der Waals surface area contributed by atoms with Gasteiger partial charge in [-0.05, 0) is 37.6 Å². The zero-order valence-corrected chi connectivity index (χ0v) is 15.5. The molecule has 2 aromatic rings. The van der Waals surface area contributed by atoms with Gasteiger partial charge < -0.3 is 15.5 Å². The van der Waals surface area contributed by atoms with Gasteiger partial charge in [0, 0.05) is 38.1 Å². The summed E-state index contributed by atoms with van der Waals surface area (Å²) in [5.41, 5.74) is 1.67. The number of hydrogen-bond donors (Lipinski definition) is 2. The Morgan fingerprint density at radius 3 is 2.78 bits per heavy atom. The van der Waals surface area contributed by atoms with Crippen LogP contribution in [0.2, 0.25) is 0 Å². The Bertz CT molecular complexity index is 818. The molecule has 3 rings (SSSR count). The summed E-state index contributed by atoms with van der Waals surface area (Å²) in [6, 6.07) is 4.90. The van der Waals surface area contributed by atoms with Crippen LogP contribution in [0.15, 0.2) is 30.5 Å². The normalized spacial score (nSPS) is 17.0. The number of carbonyl (C=O) groups is 2. The molecule has 2 N–H and O–H groups in total. The smallest absolute Gasteiger partial charge is 0.258 e. The largest absolute Gasteiger partial charge is 0.324 e. The minimum atomic E-state index is -0.648. The summed E-state index contributed by atoms with van der Waals surface area (Å²) in [7, 11) is 0. The van der Waals surface area contributed by atoms with Crippen LogP contribution >= 0.6 is 0 Å². The van der Waals surface area contributed by atoms with Crippen molar-refractivity contribution in [3.8, 4) is 0 Å². The van der Waals surface area contributed by atoms with Gasteiger partial charge in [-0.15, -0.1) is 0 Å². The molecule has 1 aliphatic rings. The molecule has 0 radical (unpaired) electrons. The molecule has 1 fully saturated rings. The van der Waals surface area contributed by atoms with Crippen LogP contribution in [0.25, 0.3) is 0 Å². The number of rotatable bonds is 5. The van der Waals surface area contributed by atoms with Crippen molar-refractivity contribution < 1.29 is 14.0 Å². The summed E-state index contributed by atoms with van der Waals surface area (Å²) < 4.78 is 14.8. The summed E-state index contributed by atoms with van der Waals surface area (Å²) in [6.45, 7) is 6.00. The summed E-state index contributed by atoms with van der Waals surface area (Å²) in [5.74, 6) is -0.875. The molecule has 0 aliphatic carbocycles. The predicted octanol–water partition coefficient (Wildman–Crippen LogP) is 1.79. The van der Waals surface area contributed by atoms with Gasteiger partial charge in [-0.2, -0.15) is 5.10 Å². The number of nitrogens with one attached hydrogen (secondary N) is 2. The maximum absolute atomic E-state index is 13.1. The van der Waals surface area contributed by atoms with Crippen molar-refractivity contribution in [2.24, 2.45) is 0 Å². The van der Waals surface area contributed by atoms with Crippen LogP contribution < -0.4 is 10.6 Å². The Morgan fingerprint density at radius 1 is 1.33 bits per heavy atom. The van der Waals surface area contributed by atoms with Crippen LogP contribution in [0, 0.1) is 12.7 Å². The van der Waals surface area contributed by atoms with E-state index in [9.17, 15) is 14.0 Å². The van der Waals surface area contributed by atoms with Gasteiger partial charge in [0.2, 0.25) is 5.91 Å². The first-order valence-corrected chi connectivity index (χ1v) is 9.11. The molecular weight excluding hydrogens is 349 g/mol. The molecule has 1 saturated heterocycles. The number of piperazine rings is 1. The van der Waals surface area contributed by atoms with Crippen LogP contribution in [-0.4, -0.2) is 52.2 Å². The Kier molecular flexibility index (Phi) is 5.85. The van der Waals surface area contributed by atoms with Crippen molar-refractivity contribution in [2.45, 2.75) is 32.9 Å². The van der Waals surface area contributed by atoms with E-state index in [1.54, 1.807) is 22.7 Å². The number of aryl methyl sites for hydroxylation is 2. The van der Waals surface area contributed by atoms with Crippen molar-refractivity contribution in [3.05, 3.63) is 47.5 Å². The fourth-order valence-electron chi connectivity index (χ4n) is 3.17. The number of aromatic nitrogens is 2. The second-order valence-corrected chi connectivity index (χ2v) is 6.61. The molecule has 8 heteroatoms. The van der Waals surface area contributed by atoms with Gasteiger partial charge in [-0.25, -0.2) is 4.39 Å². The van der Waals surface area contributed by atoms with Gasteiger partial charge in [0.05, 0.1) is 11.3 Å². The van der Waals surface area contributed by atoms with E-state index in [1.807, 2.05) is 6.92 Å². The van der Waals surface area contributed by atoms with E-state index in [4.69, 9.17) is 0 Å². The molecule has 1 aromatic carbocycles. The summed E-state index contributed by atoms with van der Waals surface area (Å²) in [5, 5.41) is 10.3. The molecule has 0 spiro atoms. The van der Waals surface area contributed by atoms with E-state index in [0.717, 1.165) is 13.0 Å². The summed E-state index contributed by atoms with van der Waals surface area (Å²) in [4.78, 5) is 27.4. The minimum absolute atomic E-state index is 0.199. The molecular formula is C19H24FN5O2. The molecule has 27 heavy (non-hydrogen) atoms. The average Bonchev–Trinajstić information content (AvgIpc) is 3.03. The standard InChI is InChI=1S/C19H24FN5O2/c1-3-9-24-12-16(13(2)23-24)19(27)25-10-8-21-11-17(25)18(26)22-15-6-4-14(20)5-7-15/h4-7,12,17,21H,3,8-11H2,1-2H3,(H,22,26). The van der Waals surface area contributed by atoms with E-state index in [2.05, 4.69) is 15.7 Å².